The van der Waals surface area contributed by atoms with Crippen LogP contribution in [0, 0.1) is 0 Å². The second kappa shape index (κ2) is 6.79. The molecule has 84 valence electrons. The molecule has 0 aromatic heterocycles. The number of rotatable bonds is 7. The summed E-state index contributed by atoms with van der Waals surface area (Å²) in [5.74, 6) is -0.261. The molecule has 2 N–H and O–H groups in total. The first kappa shape index (κ1) is 13.4. The Balaban J connectivity index is 3.36. The molecule has 0 saturated carbocycles. The van der Waals surface area contributed by atoms with Crippen LogP contribution in [0.4, 0.5) is 0 Å². The Bertz CT molecular complexity index is 163. The number of ether oxygens (including phenoxy) is 1. The fourth-order valence-electron chi connectivity index (χ4n) is 0.852. The monoisotopic (exact) mass is 203 g/mol. The first-order valence-corrected chi connectivity index (χ1v) is 5.04. The van der Waals surface area contributed by atoms with Crippen LogP contribution in [0.2, 0.25) is 0 Å². The van der Waals surface area contributed by atoms with E-state index in [1.165, 1.54) is 0 Å². The van der Waals surface area contributed by atoms with Gasteiger partial charge in [-0.15, -0.1) is 0 Å². The van der Waals surface area contributed by atoms with Crippen LogP contribution in [0.3, 0.4) is 0 Å². The summed E-state index contributed by atoms with van der Waals surface area (Å²) in [6.45, 7) is 6.44. The molecule has 0 saturated heterocycles. The van der Waals surface area contributed by atoms with E-state index in [2.05, 4.69) is 5.32 Å². The number of carbonyl (C=O) groups is 1. The van der Waals surface area contributed by atoms with Crippen LogP contribution < -0.4 is 5.32 Å². The maximum absolute atomic E-state index is 11.0. The molecular weight excluding hydrogens is 182 g/mol. The van der Waals surface area contributed by atoms with Crippen molar-refractivity contribution in [2.75, 3.05) is 19.7 Å². The zero-order valence-electron chi connectivity index (χ0n) is 9.30. The summed E-state index contributed by atoms with van der Waals surface area (Å²) >= 11 is 0. The Hall–Kier alpha value is -0.610. The van der Waals surface area contributed by atoms with Gasteiger partial charge in [0.2, 0.25) is 0 Å². The maximum atomic E-state index is 11.0. The van der Waals surface area contributed by atoms with E-state index in [0.29, 0.717) is 13.2 Å². The minimum Gasteiger partial charge on any atom is -0.465 e. The Kier molecular flexibility index (Phi) is 6.49. The third-order valence-electron chi connectivity index (χ3n) is 1.59. The lowest BCUT2D eigenvalue weighted by Gasteiger charge is -2.17. The molecule has 0 aliphatic heterocycles. The van der Waals surface area contributed by atoms with Crippen LogP contribution in [-0.2, 0) is 9.53 Å². The number of carbonyl (C=O) groups excluding carboxylic acids is 1. The topological polar surface area (TPSA) is 58.6 Å². The van der Waals surface area contributed by atoms with Crippen molar-refractivity contribution in [3.63, 3.8) is 0 Å². The van der Waals surface area contributed by atoms with Gasteiger partial charge >= 0.3 is 5.97 Å². The van der Waals surface area contributed by atoms with Gasteiger partial charge in [0, 0.05) is 6.54 Å². The normalized spacial score (nSPS) is 11.4. The van der Waals surface area contributed by atoms with Crippen molar-refractivity contribution < 1.29 is 14.6 Å². The molecule has 0 rings (SSSR count). The lowest BCUT2D eigenvalue weighted by Crippen LogP contribution is -2.37. The third kappa shape index (κ3) is 9.48. The predicted octanol–water partition coefficient (Wildman–Crippen LogP) is 0.690. The van der Waals surface area contributed by atoms with E-state index in [-0.39, 0.29) is 12.5 Å². The second-order valence-electron chi connectivity index (χ2n) is 3.99. The van der Waals surface area contributed by atoms with Gasteiger partial charge in [-0.05, 0) is 20.3 Å². The van der Waals surface area contributed by atoms with Crippen LogP contribution in [0.5, 0.6) is 0 Å². The minimum absolute atomic E-state index is 0.160. The maximum Gasteiger partial charge on any atom is 0.319 e. The lowest BCUT2D eigenvalue weighted by atomic mass is 10.1. The van der Waals surface area contributed by atoms with Gasteiger partial charge in [0.05, 0.1) is 18.8 Å². The molecule has 4 nitrogen and oxygen atoms in total. The van der Waals surface area contributed by atoms with E-state index >= 15 is 0 Å². The summed E-state index contributed by atoms with van der Waals surface area (Å²) in [6, 6.07) is 0. The van der Waals surface area contributed by atoms with E-state index < -0.39 is 5.60 Å². The van der Waals surface area contributed by atoms with Crippen LogP contribution in [-0.4, -0.2) is 36.4 Å². The highest BCUT2D eigenvalue weighted by atomic mass is 16.5. The largest absolute Gasteiger partial charge is 0.465 e. The number of esters is 1. The van der Waals surface area contributed by atoms with Gasteiger partial charge in [-0.3, -0.25) is 4.79 Å². The lowest BCUT2D eigenvalue weighted by molar-refractivity contribution is -0.142. The zero-order valence-corrected chi connectivity index (χ0v) is 9.30. The van der Waals surface area contributed by atoms with Crippen molar-refractivity contribution in [3.05, 3.63) is 0 Å². The van der Waals surface area contributed by atoms with Crippen molar-refractivity contribution >= 4 is 5.97 Å². The number of unbranched alkanes of at least 4 members (excludes halogenated alkanes) is 1. The number of hydrogen-bond acceptors (Lipinski definition) is 4. The van der Waals surface area contributed by atoms with E-state index in [9.17, 15) is 9.90 Å². The Morgan fingerprint density at radius 1 is 1.50 bits per heavy atom. The summed E-state index contributed by atoms with van der Waals surface area (Å²) in [5.41, 5.74) is -0.788. The predicted molar refractivity (Wildman–Crippen MR) is 55.0 cm³/mol. The number of hydrogen-bond donors (Lipinski definition) is 2. The molecule has 0 heterocycles. The van der Waals surface area contributed by atoms with Gasteiger partial charge in [0.1, 0.15) is 0 Å². The Labute approximate surface area is 85.6 Å². The van der Waals surface area contributed by atoms with E-state index in [4.69, 9.17) is 4.74 Å². The molecule has 0 fully saturated rings. The van der Waals surface area contributed by atoms with Crippen molar-refractivity contribution in [3.8, 4) is 0 Å². The van der Waals surface area contributed by atoms with Crippen molar-refractivity contribution in [1.29, 1.82) is 0 Å². The molecule has 0 atom stereocenters. The molecule has 0 aliphatic carbocycles. The molecule has 0 aromatic carbocycles. The molecular formula is C10H21NO3. The zero-order chi connectivity index (χ0) is 11.0. The van der Waals surface area contributed by atoms with E-state index in [1.807, 2.05) is 6.92 Å². The second-order valence-corrected chi connectivity index (χ2v) is 3.99. The molecule has 0 bridgehead atoms. The van der Waals surface area contributed by atoms with Crippen LogP contribution >= 0.6 is 0 Å². The smallest absolute Gasteiger partial charge is 0.319 e. The average molecular weight is 203 g/mol. The Morgan fingerprint density at radius 3 is 2.64 bits per heavy atom. The summed E-state index contributed by atoms with van der Waals surface area (Å²) in [6.07, 6.45) is 1.92. The first-order valence-electron chi connectivity index (χ1n) is 5.04. The minimum atomic E-state index is -0.788. The molecule has 0 radical (unpaired) electrons. The summed E-state index contributed by atoms with van der Waals surface area (Å²) in [5, 5.41) is 12.2. The summed E-state index contributed by atoms with van der Waals surface area (Å²) in [4.78, 5) is 11.0. The van der Waals surface area contributed by atoms with E-state index in [1.54, 1.807) is 13.8 Å². The van der Waals surface area contributed by atoms with E-state index in [0.717, 1.165) is 12.8 Å². The van der Waals surface area contributed by atoms with Crippen molar-refractivity contribution in [1.82, 2.24) is 5.32 Å². The van der Waals surface area contributed by atoms with Crippen molar-refractivity contribution in [2.24, 2.45) is 0 Å². The standard InChI is InChI=1S/C10H21NO3/c1-4-5-6-14-9(12)7-11-8-10(2,3)13/h11,13H,4-8H2,1-3H3. The molecule has 0 aromatic rings. The highest BCUT2D eigenvalue weighted by Gasteiger charge is 2.12. The molecule has 4 heteroatoms. The average Bonchev–Trinajstić information content (AvgIpc) is 2.02. The van der Waals surface area contributed by atoms with Crippen LogP contribution in [0.25, 0.3) is 0 Å². The van der Waals surface area contributed by atoms with Gasteiger partial charge in [0.25, 0.3) is 0 Å². The first-order chi connectivity index (χ1) is 6.45. The summed E-state index contributed by atoms with van der Waals surface area (Å²) in [7, 11) is 0. The number of aliphatic hydroxyl groups is 1. The van der Waals surface area contributed by atoms with Gasteiger partial charge < -0.3 is 15.2 Å². The van der Waals surface area contributed by atoms with Crippen LogP contribution in [0.1, 0.15) is 33.6 Å². The quantitative estimate of drug-likeness (QED) is 0.472. The molecule has 0 spiro atoms. The fourth-order valence-corrected chi connectivity index (χ4v) is 0.852. The molecule has 0 unspecified atom stereocenters. The summed E-state index contributed by atoms with van der Waals surface area (Å²) < 4.78 is 4.91. The van der Waals surface area contributed by atoms with Gasteiger partial charge in [-0.2, -0.15) is 0 Å². The highest BCUT2D eigenvalue weighted by Crippen LogP contribution is 1.96. The third-order valence-corrected chi connectivity index (χ3v) is 1.59. The van der Waals surface area contributed by atoms with Crippen LogP contribution in [0.15, 0.2) is 0 Å². The van der Waals surface area contributed by atoms with Gasteiger partial charge in [-0.25, -0.2) is 0 Å². The number of nitrogens with one attached hydrogen (secondary N) is 1. The molecule has 0 aliphatic rings. The van der Waals surface area contributed by atoms with Gasteiger partial charge in [-0.1, -0.05) is 13.3 Å². The molecule has 0 amide bonds. The molecule has 14 heavy (non-hydrogen) atoms. The van der Waals surface area contributed by atoms with Gasteiger partial charge in [0.15, 0.2) is 0 Å². The highest BCUT2D eigenvalue weighted by molar-refractivity contribution is 5.71. The fraction of sp³-hybridized carbons (Fsp3) is 0.900. The SMILES string of the molecule is CCCCOC(=O)CNCC(C)(C)O. The van der Waals surface area contributed by atoms with Crippen molar-refractivity contribution in [2.45, 2.75) is 39.2 Å². The Morgan fingerprint density at radius 2 is 2.14 bits per heavy atom.